The van der Waals surface area contributed by atoms with Gasteiger partial charge in [-0.25, -0.2) is 17.2 Å². The average Bonchev–Trinajstić information content (AvgIpc) is 3.33. The van der Waals surface area contributed by atoms with Crippen molar-refractivity contribution in [1.82, 2.24) is 19.3 Å². The van der Waals surface area contributed by atoms with E-state index in [0.29, 0.717) is 37.4 Å². The normalized spacial score (nSPS) is 16.5. The molecule has 28 heavy (non-hydrogen) atoms. The maximum atomic E-state index is 13.9. The fraction of sp³-hybridized carbons (Fsp3) is 0.294. The first-order valence-electron chi connectivity index (χ1n) is 8.46. The average molecular weight is 426 g/mol. The molecule has 1 aliphatic heterocycles. The van der Waals surface area contributed by atoms with Crippen LogP contribution >= 0.6 is 11.3 Å². The van der Waals surface area contributed by atoms with Crippen molar-refractivity contribution < 1.29 is 21.7 Å². The molecule has 3 aromatic rings. The van der Waals surface area contributed by atoms with Crippen LogP contribution in [0.25, 0.3) is 11.5 Å². The lowest BCUT2D eigenvalue weighted by atomic mass is 10.3. The predicted molar refractivity (Wildman–Crippen MR) is 98.0 cm³/mol. The molecule has 0 N–H and O–H groups in total. The van der Waals surface area contributed by atoms with Gasteiger partial charge in [0, 0.05) is 37.6 Å². The first kappa shape index (κ1) is 19.1. The maximum absolute atomic E-state index is 13.9. The Morgan fingerprint density at radius 3 is 2.61 bits per heavy atom. The second-order valence-electron chi connectivity index (χ2n) is 6.28. The number of nitrogens with zero attached hydrogens (tertiary/aromatic N) is 4. The summed E-state index contributed by atoms with van der Waals surface area (Å²) < 4.78 is 58.7. The van der Waals surface area contributed by atoms with Crippen molar-refractivity contribution >= 4 is 21.4 Å². The van der Waals surface area contributed by atoms with Crippen LogP contribution < -0.4 is 0 Å². The standard InChI is InChI=1S/C17H16F2N4O3S2/c18-13-1-2-15(14(19)9-13)28(24,25)23-6-4-22(5-7-23)10-16-20-17(26-21-16)12-3-8-27-11-12/h1-3,8-9,11H,4-7,10H2. The van der Waals surface area contributed by atoms with E-state index in [2.05, 4.69) is 10.1 Å². The van der Waals surface area contributed by atoms with E-state index in [1.807, 2.05) is 21.7 Å². The van der Waals surface area contributed by atoms with E-state index in [1.54, 1.807) is 0 Å². The van der Waals surface area contributed by atoms with Crippen LogP contribution in [0.15, 0.2) is 44.4 Å². The molecule has 1 fully saturated rings. The van der Waals surface area contributed by atoms with Crippen molar-refractivity contribution in [3.8, 4) is 11.5 Å². The van der Waals surface area contributed by atoms with E-state index >= 15 is 0 Å². The van der Waals surface area contributed by atoms with Crippen LogP contribution in [0.5, 0.6) is 0 Å². The third kappa shape index (κ3) is 3.83. The number of thiophene rings is 1. The summed E-state index contributed by atoms with van der Waals surface area (Å²) in [6.45, 7) is 1.67. The fourth-order valence-corrected chi connectivity index (χ4v) is 5.07. The molecule has 4 rings (SSSR count). The predicted octanol–water partition coefficient (Wildman–Crippen LogP) is 2.58. The summed E-state index contributed by atoms with van der Waals surface area (Å²) in [5, 5.41) is 7.79. The monoisotopic (exact) mass is 426 g/mol. The Labute approximate surface area is 164 Å². The van der Waals surface area contributed by atoms with E-state index in [4.69, 9.17) is 4.52 Å². The summed E-state index contributed by atoms with van der Waals surface area (Å²) >= 11 is 1.53. The third-order valence-electron chi connectivity index (χ3n) is 4.44. The third-order valence-corrected chi connectivity index (χ3v) is 7.06. The molecule has 7 nitrogen and oxygen atoms in total. The first-order chi connectivity index (χ1) is 13.4. The molecule has 11 heteroatoms. The van der Waals surface area contributed by atoms with Gasteiger partial charge in [0.15, 0.2) is 5.82 Å². The van der Waals surface area contributed by atoms with Crippen LogP contribution in [0.2, 0.25) is 0 Å². The Kier molecular flexibility index (Phi) is 5.23. The van der Waals surface area contributed by atoms with Crippen molar-refractivity contribution in [2.75, 3.05) is 26.2 Å². The Morgan fingerprint density at radius 1 is 1.14 bits per heavy atom. The fourth-order valence-electron chi connectivity index (χ4n) is 2.97. The van der Waals surface area contributed by atoms with Gasteiger partial charge in [0.1, 0.15) is 16.5 Å². The summed E-state index contributed by atoms with van der Waals surface area (Å²) in [5.41, 5.74) is 0.862. The molecule has 0 radical (unpaired) electrons. The molecular weight excluding hydrogens is 410 g/mol. The van der Waals surface area contributed by atoms with Gasteiger partial charge in [0.25, 0.3) is 5.89 Å². The van der Waals surface area contributed by atoms with Gasteiger partial charge in [-0.05, 0) is 23.6 Å². The molecule has 1 aliphatic rings. The molecule has 0 unspecified atom stereocenters. The minimum atomic E-state index is -4.01. The highest BCUT2D eigenvalue weighted by molar-refractivity contribution is 7.89. The number of sulfonamides is 1. The van der Waals surface area contributed by atoms with E-state index in [0.717, 1.165) is 17.7 Å². The molecule has 0 bridgehead atoms. The van der Waals surface area contributed by atoms with Crippen LogP contribution in [0, 0.1) is 11.6 Å². The quantitative estimate of drug-likeness (QED) is 0.624. The van der Waals surface area contributed by atoms with Crippen molar-refractivity contribution in [1.29, 1.82) is 0 Å². The number of rotatable bonds is 5. The number of hydrogen-bond donors (Lipinski definition) is 0. The van der Waals surface area contributed by atoms with Crippen molar-refractivity contribution in [2.45, 2.75) is 11.4 Å². The van der Waals surface area contributed by atoms with Gasteiger partial charge in [-0.15, -0.1) is 0 Å². The molecule has 0 aliphatic carbocycles. The number of aromatic nitrogens is 2. The van der Waals surface area contributed by atoms with Crippen LogP contribution in [-0.4, -0.2) is 53.9 Å². The van der Waals surface area contributed by atoms with E-state index in [1.165, 1.54) is 15.6 Å². The Balaban J connectivity index is 1.39. The van der Waals surface area contributed by atoms with Gasteiger partial charge in [0.2, 0.25) is 10.0 Å². The van der Waals surface area contributed by atoms with Gasteiger partial charge in [-0.1, -0.05) is 5.16 Å². The smallest absolute Gasteiger partial charge is 0.258 e. The Morgan fingerprint density at radius 2 is 1.93 bits per heavy atom. The summed E-state index contributed by atoms with van der Waals surface area (Å²) in [5.74, 6) is -0.940. The van der Waals surface area contributed by atoms with Crippen LogP contribution in [0.4, 0.5) is 8.78 Å². The van der Waals surface area contributed by atoms with Gasteiger partial charge in [-0.3, -0.25) is 4.90 Å². The van der Waals surface area contributed by atoms with Crippen molar-refractivity contribution in [2.24, 2.45) is 0 Å². The molecule has 3 heterocycles. The summed E-state index contributed by atoms with van der Waals surface area (Å²) in [6, 6.07) is 4.36. The second-order valence-corrected chi connectivity index (χ2v) is 8.97. The highest BCUT2D eigenvalue weighted by Gasteiger charge is 2.31. The number of hydrogen-bond acceptors (Lipinski definition) is 7. The van der Waals surface area contributed by atoms with E-state index in [9.17, 15) is 17.2 Å². The molecule has 0 spiro atoms. The highest BCUT2D eigenvalue weighted by Crippen LogP contribution is 2.23. The number of piperazine rings is 1. The number of benzene rings is 1. The lowest BCUT2D eigenvalue weighted by molar-refractivity contribution is 0.176. The SMILES string of the molecule is O=S(=O)(c1ccc(F)cc1F)N1CCN(Cc2noc(-c3ccsc3)n2)CC1. The molecule has 0 atom stereocenters. The molecule has 1 saturated heterocycles. The summed E-state index contributed by atoms with van der Waals surface area (Å²) in [4.78, 5) is 5.83. The molecule has 148 valence electrons. The highest BCUT2D eigenvalue weighted by atomic mass is 32.2. The number of halogens is 2. The zero-order chi connectivity index (χ0) is 19.7. The van der Waals surface area contributed by atoms with Crippen molar-refractivity contribution in [3.63, 3.8) is 0 Å². The lowest BCUT2D eigenvalue weighted by Crippen LogP contribution is -2.48. The first-order valence-corrected chi connectivity index (χ1v) is 10.8. The van der Waals surface area contributed by atoms with Crippen LogP contribution in [0.3, 0.4) is 0 Å². The largest absolute Gasteiger partial charge is 0.334 e. The molecule has 0 amide bonds. The minimum absolute atomic E-state index is 0.189. The van der Waals surface area contributed by atoms with Crippen LogP contribution in [0.1, 0.15) is 5.82 Å². The maximum Gasteiger partial charge on any atom is 0.258 e. The summed E-state index contributed by atoms with van der Waals surface area (Å²) in [6.07, 6.45) is 0. The lowest BCUT2D eigenvalue weighted by Gasteiger charge is -2.33. The topological polar surface area (TPSA) is 79.5 Å². The van der Waals surface area contributed by atoms with Gasteiger partial charge in [-0.2, -0.15) is 20.6 Å². The second kappa shape index (κ2) is 7.66. The Bertz CT molecular complexity index is 1060. The molecule has 0 saturated carbocycles. The van der Waals surface area contributed by atoms with Gasteiger partial charge in [0.05, 0.1) is 12.1 Å². The zero-order valence-corrected chi connectivity index (χ0v) is 16.2. The van der Waals surface area contributed by atoms with Crippen LogP contribution in [-0.2, 0) is 16.6 Å². The van der Waals surface area contributed by atoms with Gasteiger partial charge < -0.3 is 4.52 Å². The van der Waals surface area contributed by atoms with E-state index in [-0.39, 0.29) is 13.1 Å². The van der Waals surface area contributed by atoms with E-state index < -0.39 is 26.6 Å². The molecule has 1 aromatic carbocycles. The zero-order valence-electron chi connectivity index (χ0n) is 14.6. The Hall–Kier alpha value is -2.21. The minimum Gasteiger partial charge on any atom is -0.334 e. The van der Waals surface area contributed by atoms with Crippen molar-refractivity contribution in [3.05, 3.63) is 52.5 Å². The molecular formula is C17H16F2N4O3S2. The molecule has 2 aromatic heterocycles. The van der Waals surface area contributed by atoms with Gasteiger partial charge >= 0.3 is 0 Å². The summed E-state index contributed by atoms with van der Waals surface area (Å²) in [7, 11) is -4.01.